The lowest BCUT2D eigenvalue weighted by molar-refractivity contribution is 0.0724. The molecule has 1 aromatic rings. The number of hydrogen-bond donors (Lipinski definition) is 2. The van der Waals surface area contributed by atoms with Crippen LogP contribution in [0.3, 0.4) is 0 Å². The van der Waals surface area contributed by atoms with Crippen molar-refractivity contribution >= 4 is 21.7 Å². The van der Waals surface area contributed by atoms with Gasteiger partial charge in [0.05, 0.1) is 9.49 Å². The molecular formula is C17H24N4O5S. The first-order valence-electron chi connectivity index (χ1n) is 9.18. The first-order chi connectivity index (χ1) is 12.7. The summed E-state index contributed by atoms with van der Waals surface area (Å²) in [4.78, 5) is 26.1. The van der Waals surface area contributed by atoms with Gasteiger partial charge in [-0.2, -0.15) is 5.10 Å². The number of aliphatic hydroxyl groups excluding tert-OH is 1. The summed E-state index contributed by atoms with van der Waals surface area (Å²) in [6.45, 7) is 0.339. The smallest absolute Gasteiger partial charge is 0.272 e. The van der Waals surface area contributed by atoms with Gasteiger partial charge >= 0.3 is 0 Å². The fraction of sp³-hybridized carbons (Fsp3) is 0.706. The molecule has 1 aromatic heterocycles. The highest BCUT2D eigenvalue weighted by Gasteiger charge is 2.67. The number of aryl methyl sites for hydroxylation is 1. The number of nitrogens with two attached hydrogens (primary N) is 1. The van der Waals surface area contributed by atoms with E-state index in [2.05, 4.69) is 5.10 Å². The Hall–Kier alpha value is -1.94. The van der Waals surface area contributed by atoms with Crippen molar-refractivity contribution in [2.24, 2.45) is 12.8 Å². The van der Waals surface area contributed by atoms with Gasteiger partial charge in [-0.3, -0.25) is 14.3 Å². The van der Waals surface area contributed by atoms with E-state index in [-0.39, 0.29) is 31.2 Å². The van der Waals surface area contributed by atoms with E-state index in [1.165, 1.54) is 4.68 Å². The summed E-state index contributed by atoms with van der Waals surface area (Å²) in [5, 5.41) is 13.3. The van der Waals surface area contributed by atoms with Crippen molar-refractivity contribution < 1.29 is 23.1 Å². The Morgan fingerprint density at radius 1 is 1.26 bits per heavy atom. The van der Waals surface area contributed by atoms with Crippen molar-refractivity contribution in [3.8, 4) is 0 Å². The third kappa shape index (κ3) is 2.53. The van der Waals surface area contributed by atoms with Crippen molar-refractivity contribution in [3.05, 3.63) is 17.0 Å². The van der Waals surface area contributed by atoms with E-state index in [9.17, 15) is 23.1 Å². The topological polar surface area (TPSA) is 136 Å². The molecule has 2 fully saturated rings. The minimum Gasteiger partial charge on any atom is -0.396 e. The van der Waals surface area contributed by atoms with Crippen LogP contribution in [0.1, 0.15) is 58.6 Å². The Bertz CT molecular complexity index is 927. The standard InChI is InChI=1S/C17H24N4O5S/c1-20-13-11(12(19-20)14(18)23)2-8-21(15(13)24)10-17(5-6-17)27(25,26)16(3-4-16)7-9-22/h22H,2-10H2,1H3,(H2,18,23). The monoisotopic (exact) mass is 396 g/mol. The van der Waals surface area contributed by atoms with Crippen molar-refractivity contribution in [1.82, 2.24) is 14.7 Å². The molecule has 2 saturated carbocycles. The lowest BCUT2D eigenvalue weighted by atomic mass is 10.0. The number of aromatic nitrogens is 2. The van der Waals surface area contributed by atoms with Crippen molar-refractivity contribution in [3.63, 3.8) is 0 Å². The van der Waals surface area contributed by atoms with Gasteiger partial charge in [0.1, 0.15) is 5.69 Å². The number of sulfone groups is 1. The highest BCUT2D eigenvalue weighted by atomic mass is 32.2. The zero-order valence-electron chi connectivity index (χ0n) is 15.3. The van der Waals surface area contributed by atoms with E-state index in [1.807, 2.05) is 0 Å². The fourth-order valence-electron chi connectivity index (χ4n) is 4.37. The van der Waals surface area contributed by atoms with Crippen LogP contribution in [-0.2, 0) is 23.3 Å². The number of primary amides is 1. The van der Waals surface area contributed by atoms with Gasteiger partial charge in [-0.25, -0.2) is 8.42 Å². The molecule has 27 heavy (non-hydrogen) atoms. The summed E-state index contributed by atoms with van der Waals surface area (Å²) in [7, 11) is -1.87. The van der Waals surface area contributed by atoms with Crippen molar-refractivity contribution in [1.29, 1.82) is 0 Å². The largest absolute Gasteiger partial charge is 0.396 e. The van der Waals surface area contributed by atoms with Gasteiger partial charge in [-0.05, 0) is 38.5 Å². The van der Waals surface area contributed by atoms with E-state index in [4.69, 9.17) is 5.73 Å². The number of aliphatic hydroxyl groups is 1. The van der Waals surface area contributed by atoms with E-state index in [1.54, 1.807) is 11.9 Å². The summed E-state index contributed by atoms with van der Waals surface area (Å²) in [6.07, 6.45) is 2.93. The second-order valence-electron chi connectivity index (χ2n) is 7.98. The molecule has 0 radical (unpaired) electrons. The normalized spacial score (nSPS) is 22.4. The molecule has 0 aromatic carbocycles. The third-order valence-electron chi connectivity index (χ3n) is 6.30. The number of amides is 2. The van der Waals surface area contributed by atoms with Crippen LogP contribution >= 0.6 is 0 Å². The van der Waals surface area contributed by atoms with Crippen LogP contribution in [0.4, 0.5) is 0 Å². The maximum Gasteiger partial charge on any atom is 0.272 e. The van der Waals surface area contributed by atoms with E-state index in [0.29, 0.717) is 49.9 Å². The zero-order valence-corrected chi connectivity index (χ0v) is 16.1. The second-order valence-corrected chi connectivity index (χ2v) is 10.7. The predicted octanol–water partition coefficient (Wildman–Crippen LogP) is -0.620. The highest BCUT2D eigenvalue weighted by Crippen LogP contribution is 2.58. The van der Waals surface area contributed by atoms with Gasteiger partial charge in [-0.15, -0.1) is 0 Å². The van der Waals surface area contributed by atoms with Crippen molar-refractivity contribution in [2.45, 2.75) is 48.0 Å². The molecule has 0 spiro atoms. The van der Waals surface area contributed by atoms with Crippen LogP contribution in [0.15, 0.2) is 0 Å². The molecule has 9 nitrogen and oxygen atoms in total. The molecule has 0 atom stereocenters. The van der Waals surface area contributed by atoms with Crippen molar-refractivity contribution in [2.75, 3.05) is 19.7 Å². The number of hydrogen-bond acceptors (Lipinski definition) is 6. The molecule has 1 aliphatic heterocycles. The van der Waals surface area contributed by atoms with Crippen LogP contribution in [0.2, 0.25) is 0 Å². The Kier molecular flexibility index (Phi) is 3.94. The van der Waals surface area contributed by atoms with E-state index < -0.39 is 25.2 Å². The maximum absolute atomic E-state index is 13.2. The lowest BCUT2D eigenvalue weighted by Crippen LogP contribution is -2.48. The number of nitrogens with zero attached hydrogens (tertiary/aromatic N) is 3. The van der Waals surface area contributed by atoms with Crippen LogP contribution in [-0.4, -0.2) is 69.2 Å². The van der Waals surface area contributed by atoms with Crippen LogP contribution in [0.5, 0.6) is 0 Å². The Balaban J connectivity index is 1.60. The average molecular weight is 396 g/mol. The molecule has 3 N–H and O–H groups in total. The van der Waals surface area contributed by atoms with Gasteiger partial charge < -0.3 is 15.7 Å². The average Bonchev–Trinajstić information content (AvgIpc) is 3.51. The summed E-state index contributed by atoms with van der Waals surface area (Å²) in [5.74, 6) is -0.985. The SMILES string of the molecule is Cn1nc(C(N)=O)c2c1C(=O)N(CC1(S(=O)(=O)C3(CCO)CC3)CC1)CC2. The molecule has 2 amide bonds. The molecular weight excluding hydrogens is 372 g/mol. The third-order valence-corrected chi connectivity index (χ3v) is 9.73. The second kappa shape index (κ2) is 5.78. The summed E-state index contributed by atoms with van der Waals surface area (Å²) in [6, 6.07) is 0. The first kappa shape index (κ1) is 18.4. The Labute approximate surface area is 157 Å². The molecule has 0 unspecified atom stereocenters. The van der Waals surface area contributed by atoms with Gasteiger partial charge in [-0.1, -0.05) is 0 Å². The maximum atomic E-state index is 13.2. The minimum absolute atomic E-state index is 0.106. The van der Waals surface area contributed by atoms with E-state index in [0.717, 1.165) is 0 Å². The Morgan fingerprint density at radius 2 is 1.89 bits per heavy atom. The number of fused-ring (bicyclic) bond motifs is 1. The first-order valence-corrected chi connectivity index (χ1v) is 10.7. The highest BCUT2D eigenvalue weighted by molar-refractivity contribution is 7.94. The fourth-order valence-corrected chi connectivity index (χ4v) is 7.26. The minimum atomic E-state index is -3.45. The molecule has 0 saturated heterocycles. The quantitative estimate of drug-likeness (QED) is 0.630. The lowest BCUT2D eigenvalue weighted by Gasteiger charge is -2.32. The molecule has 2 heterocycles. The molecule has 3 aliphatic rings. The van der Waals surface area contributed by atoms with Crippen LogP contribution in [0.25, 0.3) is 0 Å². The van der Waals surface area contributed by atoms with Gasteiger partial charge in [0.25, 0.3) is 11.8 Å². The number of carbonyl (C=O) groups is 2. The molecule has 148 valence electrons. The van der Waals surface area contributed by atoms with E-state index >= 15 is 0 Å². The summed E-state index contributed by atoms with van der Waals surface area (Å²) in [5.41, 5.74) is 6.29. The van der Waals surface area contributed by atoms with Crippen LogP contribution in [0, 0.1) is 0 Å². The predicted molar refractivity (Wildman–Crippen MR) is 95.9 cm³/mol. The summed E-state index contributed by atoms with van der Waals surface area (Å²) >= 11 is 0. The molecule has 4 rings (SSSR count). The number of rotatable bonds is 7. The van der Waals surface area contributed by atoms with Gasteiger partial charge in [0.2, 0.25) is 0 Å². The van der Waals surface area contributed by atoms with Gasteiger partial charge in [0.15, 0.2) is 15.5 Å². The molecule has 2 aliphatic carbocycles. The molecule has 0 bridgehead atoms. The van der Waals surface area contributed by atoms with Gasteiger partial charge in [0, 0.05) is 32.3 Å². The van der Waals surface area contributed by atoms with Crippen LogP contribution < -0.4 is 5.73 Å². The number of carbonyl (C=O) groups excluding carboxylic acids is 2. The zero-order chi connectivity index (χ0) is 19.6. The Morgan fingerprint density at radius 3 is 2.41 bits per heavy atom. The summed E-state index contributed by atoms with van der Waals surface area (Å²) < 4.78 is 26.1. The molecule has 10 heteroatoms.